The lowest BCUT2D eigenvalue weighted by Gasteiger charge is -2.15. The van der Waals surface area contributed by atoms with Crippen LogP contribution >= 0.6 is 27.5 Å². The first-order valence-corrected chi connectivity index (χ1v) is 10.3. The molecule has 3 aromatic rings. The normalized spacial score (nSPS) is 10.5. The molecule has 3 aromatic carbocycles. The number of hydrogen-bond acceptors (Lipinski definition) is 4. The van der Waals surface area contributed by atoms with Gasteiger partial charge in [-0.1, -0.05) is 41.4 Å². The second-order valence-corrected chi connectivity index (χ2v) is 7.85. The van der Waals surface area contributed by atoms with Crippen LogP contribution in [0, 0.1) is 6.92 Å². The van der Waals surface area contributed by atoms with Crippen molar-refractivity contribution in [3.05, 3.63) is 80.8 Å². The molecule has 0 heterocycles. The molecular weight excluding hydrogens is 454 g/mol. The monoisotopic (exact) mass is 475 g/mol. The predicted molar refractivity (Wildman–Crippen MR) is 122 cm³/mol. The molecule has 3 rings (SSSR count). The van der Waals surface area contributed by atoms with Gasteiger partial charge in [-0.25, -0.2) is 0 Å². The summed E-state index contributed by atoms with van der Waals surface area (Å²) in [5.74, 6) is 2.01. The van der Waals surface area contributed by atoms with Crippen LogP contribution in [-0.2, 0) is 13.2 Å². The lowest BCUT2D eigenvalue weighted by Crippen LogP contribution is -2.03. The standard InChI is InChI=1S/C23H23BrClNO3/c1-15-5-4-6-16(9-15)14-29-23-19(24)10-17(11-22(23)28-3)13-26-18-7-8-21(27-2)20(25)12-18/h4-12,26H,13-14H2,1-3H3. The van der Waals surface area contributed by atoms with Gasteiger partial charge in [0.1, 0.15) is 12.4 Å². The summed E-state index contributed by atoms with van der Waals surface area (Å²) in [7, 11) is 3.24. The van der Waals surface area contributed by atoms with Gasteiger partial charge in [-0.2, -0.15) is 0 Å². The Morgan fingerprint density at radius 3 is 2.41 bits per heavy atom. The van der Waals surface area contributed by atoms with Crippen molar-refractivity contribution in [3.63, 3.8) is 0 Å². The minimum absolute atomic E-state index is 0.471. The highest BCUT2D eigenvalue weighted by Gasteiger charge is 2.12. The van der Waals surface area contributed by atoms with Gasteiger partial charge >= 0.3 is 0 Å². The van der Waals surface area contributed by atoms with Crippen LogP contribution in [0.25, 0.3) is 0 Å². The number of rotatable bonds is 8. The molecular formula is C23H23BrClNO3. The van der Waals surface area contributed by atoms with Crippen molar-refractivity contribution >= 4 is 33.2 Å². The highest BCUT2D eigenvalue weighted by molar-refractivity contribution is 9.10. The minimum Gasteiger partial charge on any atom is -0.495 e. The number of anilines is 1. The van der Waals surface area contributed by atoms with E-state index in [1.165, 1.54) is 5.56 Å². The molecule has 0 fully saturated rings. The van der Waals surface area contributed by atoms with E-state index in [1.54, 1.807) is 14.2 Å². The maximum absolute atomic E-state index is 6.19. The molecule has 0 aliphatic heterocycles. The summed E-state index contributed by atoms with van der Waals surface area (Å²) >= 11 is 9.80. The van der Waals surface area contributed by atoms with Gasteiger partial charge in [0.2, 0.25) is 0 Å². The summed E-state index contributed by atoms with van der Waals surface area (Å²) in [6.07, 6.45) is 0. The summed E-state index contributed by atoms with van der Waals surface area (Å²) in [5, 5.41) is 3.92. The molecule has 6 heteroatoms. The number of ether oxygens (including phenoxy) is 3. The van der Waals surface area contributed by atoms with Gasteiger partial charge in [0.15, 0.2) is 11.5 Å². The fourth-order valence-electron chi connectivity index (χ4n) is 2.95. The molecule has 0 amide bonds. The van der Waals surface area contributed by atoms with Crippen molar-refractivity contribution in [2.45, 2.75) is 20.1 Å². The third kappa shape index (κ3) is 5.58. The Kier molecular flexibility index (Phi) is 7.29. The lowest BCUT2D eigenvalue weighted by atomic mass is 10.1. The summed E-state index contributed by atoms with van der Waals surface area (Å²) in [6, 6.07) is 17.8. The van der Waals surface area contributed by atoms with Gasteiger partial charge in [-0.05, 0) is 64.3 Å². The van der Waals surface area contributed by atoms with E-state index in [2.05, 4.69) is 40.3 Å². The molecule has 0 unspecified atom stereocenters. The molecule has 0 aliphatic carbocycles. The van der Waals surface area contributed by atoms with Gasteiger partial charge in [-0.3, -0.25) is 0 Å². The Morgan fingerprint density at radius 1 is 0.931 bits per heavy atom. The van der Waals surface area contributed by atoms with Crippen LogP contribution in [0.1, 0.15) is 16.7 Å². The van der Waals surface area contributed by atoms with Gasteiger partial charge in [0, 0.05) is 12.2 Å². The SMILES string of the molecule is COc1ccc(NCc2cc(Br)c(OCc3cccc(C)c3)c(OC)c2)cc1Cl. The van der Waals surface area contributed by atoms with E-state index in [-0.39, 0.29) is 0 Å². The Bertz CT molecular complexity index is 994. The highest BCUT2D eigenvalue weighted by atomic mass is 79.9. The summed E-state index contributed by atoms with van der Waals surface area (Å²) in [5.41, 5.74) is 4.27. The highest BCUT2D eigenvalue weighted by Crippen LogP contribution is 2.37. The van der Waals surface area contributed by atoms with Crippen LogP contribution in [0.15, 0.2) is 59.1 Å². The zero-order chi connectivity index (χ0) is 20.8. The largest absolute Gasteiger partial charge is 0.495 e. The first kappa shape index (κ1) is 21.3. The van der Waals surface area contributed by atoms with E-state index in [9.17, 15) is 0 Å². The van der Waals surface area contributed by atoms with E-state index in [1.807, 2.05) is 42.5 Å². The number of aryl methyl sites for hydroxylation is 1. The second-order valence-electron chi connectivity index (χ2n) is 6.59. The number of benzene rings is 3. The average molecular weight is 477 g/mol. The molecule has 4 nitrogen and oxygen atoms in total. The third-order valence-electron chi connectivity index (χ3n) is 4.40. The Morgan fingerprint density at radius 2 is 1.72 bits per heavy atom. The maximum atomic E-state index is 6.19. The quantitative estimate of drug-likeness (QED) is 0.396. The van der Waals surface area contributed by atoms with Crippen LogP contribution in [0.2, 0.25) is 5.02 Å². The van der Waals surface area contributed by atoms with Crippen molar-refractivity contribution in [1.29, 1.82) is 0 Å². The first-order chi connectivity index (χ1) is 14.0. The van der Waals surface area contributed by atoms with Gasteiger partial charge < -0.3 is 19.5 Å². The Balaban J connectivity index is 1.71. The molecule has 0 radical (unpaired) electrons. The lowest BCUT2D eigenvalue weighted by molar-refractivity contribution is 0.282. The van der Waals surface area contributed by atoms with Crippen molar-refractivity contribution in [2.24, 2.45) is 0 Å². The van der Waals surface area contributed by atoms with Crippen LogP contribution < -0.4 is 19.5 Å². The molecule has 0 aromatic heterocycles. The molecule has 1 N–H and O–H groups in total. The molecule has 0 saturated heterocycles. The summed E-state index contributed by atoms with van der Waals surface area (Å²) < 4.78 is 17.6. The molecule has 152 valence electrons. The zero-order valence-electron chi connectivity index (χ0n) is 16.6. The maximum Gasteiger partial charge on any atom is 0.175 e. The zero-order valence-corrected chi connectivity index (χ0v) is 18.9. The van der Waals surface area contributed by atoms with Crippen LogP contribution in [-0.4, -0.2) is 14.2 Å². The summed E-state index contributed by atoms with van der Waals surface area (Å²) in [4.78, 5) is 0. The van der Waals surface area contributed by atoms with E-state index >= 15 is 0 Å². The van der Waals surface area contributed by atoms with Gasteiger partial charge in [0.05, 0.1) is 23.7 Å². The predicted octanol–water partition coefficient (Wildman–Crippen LogP) is 6.62. The third-order valence-corrected chi connectivity index (χ3v) is 5.29. The first-order valence-electron chi connectivity index (χ1n) is 9.12. The van der Waals surface area contributed by atoms with Crippen molar-refractivity contribution in [2.75, 3.05) is 19.5 Å². The number of hydrogen-bond donors (Lipinski definition) is 1. The van der Waals surface area contributed by atoms with E-state index in [4.69, 9.17) is 25.8 Å². The summed E-state index contributed by atoms with van der Waals surface area (Å²) in [6.45, 7) is 3.14. The number of halogens is 2. The van der Waals surface area contributed by atoms with E-state index in [0.29, 0.717) is 35.4 Å². The van der Waals surface area contributed by atoms with Crippen molar-refractivity contribution in [3.8, 4) is 17.2 Å². The van der Waals surface area contributed by atoms with Gasteiger partial charge in [-0.15, -0.1) is 0 Å². The fourth-order valence-corrected chi connectivity index (χ4v) is 3.81. The van der Waals surface area contributed by atoms with Crippen LogP contribution in [0.3, 0.4) is 0 Å². The second kappa shape index (κ2) is 9.90. The fraction of sp³-hybridized carbons (Fsp3) is 0.217. The van der Waals surface area contributed by atoms with Crippen molar-refractivity contribution < 1.29 is 14.2 Å². The Hall–Kier alpha value is -2.37. The Labute approximate surface area is 184 Å². The van der Waals surface area contributed by atoms with E-state index < -0.39 is 0 Å². The molecule has 0 bridgehead atoms. The molecule has 0 atom stereocenters. The molecule has 0 saturated carbocycles. The minimum atomic E-state index is 0.471. The van der Waals surface area contributed by atoms with Crippen LogP contribution in [0.5, 0.6) is 17.2 Å². The smallest absolute Gasteiger partial charge is 0.175 e. The van der Waals surface area contributed by atoms with Crippen LogP contribution in [0.4, 0.5) is 5.69 Å². The van der Waals surface area contributed by atoms with Gasteiger partial charge in [0.25, 0.3) is 0 Å². The average Bonchev–Trinajstić information content (AvgIpc) is 2.71. The topological polar surface area (TPSA) is 39.7 Å². The van der Waals surface area contributed by atoms with Crippen molar-refractivity contribution in [1.82, 2.24) is 0 Å². The molecule has 0 aliphatic rings. The van der Waals surface area contributed by atoms with E-state index in [0.717, 1.165) is 21.3 Å². The molecule has 0 spiro atoms. The number of methoxy groups -OCH3 is 2. The molecule has 29 heavy (non-hydrogen) atoms. The number of nitrogens with one attached hydrogen (secondary N) is 1.